The van der Waals surface area contributed by atoms with Crippen molar-refractivity contribution in [2.75, 3.05) is 43.1 Å². The van der Waals surface area contributed by atoms with E-state index in [-0.39, 0.29) is 0 Å². The maximum atomic E-state index is 5.51. The van der Waals surface area contributed by atoms with Crippen molar-refractivity contribution in [1.29, 1.82) is 0 Å². The maximum absolute atomic E-state index is 5.51. The minimum absolute atomic E-state index is 0.826. The highest BCUT2D eigenvalue weighted by atomic mass is 32.1. The van der Waals surface area contributed by atoms with Crippen molar-refractivity contribution in [3.63, 3.8) is 0 Å². The van der Waals surface area contributed by atoms with Crippen LogP contribution in [0.2, 0.25) is 0 Å². The van der Waals surface area contributed by atoms with Crippen molar-refractivity contribution in [2.45, 2.75) is 20.3 Å². The SMILES string of the molecule is CCc1nsc(N2CCN(c3cc(C)nc4c(OC)cccc34)CC2)n1. The van der Waals surface area contributed by atoms with Gasteiger partial charge in [0.1, 0.15) is 17.1 Å². The summed E-state index contributed by atoms with van der Waals surface area (Å²) in [6.45, 7) is 7.94. The predicted molar refractivity (Wildman–Crippen MR) is 107 cm³/mol. The first-order valence-electron chi connectivity index (χ1n) is 8.96. The number of methoxy groups -OCH3 is 1. The minimum Gasteiger partial charge on any atom is -0.494 e. The molecule has 136 valence electrons. The summed E-state index contributed by atoms with van der Waals surface area (Å²) in [5.74, 6) is 1.77. The highest BCUT2D eigenvalue weighted by Gasteiger charge is 2.22. The Kier molecular flexibility index (Phi) is 4.63. The number of anilines is 2. The quantitative estimate of drug-likeness (QED) is 0.703. The summed E-state index contributed by atoms with van der Waals surface area (Å²) in [5, 5.41) is 2.19. The third kappa shape index (κ3) is 3.07. The Morgan fingerprint density at radius 2 is 1.88 bits per heavy atom. The number of aryl methyl sites for hydroxylation is 2. The molecule has 0 unspecified atom stereocenters. The zero-order valence-corrected chi connectivity index (χ0v) is 16.2. The Bertz CT molecular complexity index is 917. The number of pyridine rings is 1. The lowest BCUT2D eigenvalue weighted by Gasteiger charge is -2.36. The molecule has 1 aliphatic heterocycles. The van der Waals surface area contributed by atoms with Crippen LogP contribution in [0.1, 0.15) is 18.4 Å². The molecule has 3 aromatic rings. The first-order valence-corrected chi connectivity index (χ1v) is 9.73. The Balaban J connectivity index is 1.59. The average Bonchev–Trinajstić information content (AvgIpc) is 3.16. The van der Waals surface area contributed by atoms with Gasteiger partial charge in [-0.3, -0.25) is 0 Å². The summed E-state index contributed by atoms with van der Waals surface area (Å²) in [4.78, 5) is 14.1. The van der Waals surface area contributed by atoms with E-state index in [9.17, 15) is 0 Å². The summed E-state index contributed by atoms with van der Waals surface area (Å²) >= 11 is 1.51. The second-order valence-electron chi connectivity index (χ2n) is 6.46. The molecule has 0 spiro atoms. The lowest BCUT2D eigenvalue weighted by Crippen LogP contribution is -2.46. The molecule has 4 rings (SSSR count). The van der Waals surface area contributed by atoms with Crippen molar-refractivity contribution in [2.24, 2.45) is 0 Å². The Morgan fingerprint density at radius 3 is 2.58 bits per heavy atom. The molecule has 1 fully saturated rings. The number of hydrogen-bond acceptors (Lipinski definition) is 7. The lowest BCUT2D eigenvalue weighted by molar-refractivity contribution is 0.419. The van der Waals surface area contributed by atoms with Gasteiger partial charge in [-0.1, -0.05) is 19.1 Å². The molecule has 0 amide bonds. The third-order valence-corrected chi connectivity index (χ3v) is 5.61. The smallest absolute Gasteiger partial charge is 0.205 e. The number of ether oxygens (including phenoxy) is 1. The standard InChI is InChI=1S/C19H23N5OS/c1-4-17-21-19(26-22-17)24-10-8-23(9-11-24)15-12-13(2)20-18-14(15)6-5-7-16(18)25-3/h5-7,12H,4,8-11H2,1-3H3. The molecular weight excluding hydrogens is 346 g/mol. The zero-order chi connectivity index (χ0) is 18.1. The van der Waals surface area contributed by atoms with E-state index in [0.717, 1.165) is 65.9 Å². The Morgan fingerprint density at radius 1 is 1.12 bits per heavy atom. The molecule has 0 aliphatic carbocycles. The van der Waals surface area contributed by atoms with Gasteiger partial charge in [-0.05, 0) is 19.1 Å². The highest BCUT2D eigenvalue weighted by Crippen LogP contribution is 2.33. The molecule has 7 heteroatoms. The van der Waals surface area contributed by atoms with E-state index in [2.05, 4.69) is 38.2 Å². The number of hydrogen-bond donors (Lipinski definition) is 0. The first kappa shape index (κ1) is 17.0. The van der Waals surface area contributed by atoms with E-state index in [1.807, 2.05) is 19.1 Å². The van der Waals surface area contributed by atoms with Crippen LogP contribution in [0.5, 0.6) is 5.75 Å². The number of benzene rings is 1. The molecule has 6 nitrogen and oxygen atoms in total. The number of para-hydroxylation sites is 1. The topological polar surface area (TPSA) is 54.4 Å². The van der Waals surface area contributed by atoms with Crippen molar-refractivity contribution < 1.29 is 4.74 Å². The van der Waals surface area contributed by atoms with Gasteiger partial charge < -0.3 is 14.5 Å². The first-order chi connectivity index (χ1) is 12.7. The monoisotopic (exact) mass is 369 g/mol. The molecule has 0 saturated carbocycles. The Hall–Kier alpha value is -2.41. The van der Waals surface area contributed by atoms with Gasteiger partial charge >= 0.3 is 0 Å². The van der Waals surface area contributed by atoms with Crippen molar-refractivity contribution in [3.8, 4) is 5.75 Å². The summed E-state index contributed by atoms with van der Waals surface area (Å²) in [5.41, 5.74) is 3.18. The summed E-state index contributed by atoms with van der Waals surface area (Å²) in [7, 11) is 1.70. The molecule has 1 saturated heterocycles. The molecule has 0 bridgehead atoms. The molecular formula is C19H23N5OS. The number of fused-ring (bicyclic) bond motifs is 1. The normalized spacial score (nSPS) is 14.9. The molecule has 1 aromatic carbocycles. The maximum Gasteiger partial charge on any atom is 0.205 e. The fourth-order valence-electron chi connectivity index (χ4n) is 3.41. The van der Waals surface area contributed by atoms with Crippen molar-refractivity contribution >= 4 is 33.3 Å². The van der Waals surface area contributed by atoms with E-state index >= 15 is 0 Å². The minimum atomic E-state index is 0.826. The van der Waals surface area contributed by atoms with Gasteiger partial charge in [0, 0.05) is 60.9 Å². The van der Waals surface area contributed by atoms with Crippen molar-refractivity contribution in [1.82, 2.24) is 14.3 Å². The van der Waals surface area contributed by atoms with Crippen LogP contribution in [0.25, 0.3) is 10.9 Å². The van der Waals surface area contributed by atoms with Crippen LogP contribution in [0.4, 0.5) is 10.8 Å². The number of nitrogens with zero attached hydrogens (tertiary/aromatic N) is 5. The molecule has 0 atom stereocenters. The van der Waals surface area contributed by atoms with E-state index in [1.165, 1.54) is 17.2 Å². The van der Waals surface area contributed by atoms with Gasteiger partial charge in [0.15, 0.2) is 0 Å². The zero-order valence-electron chi connectivity index (χ0n) is 15.4. The van der Waals surface area contributed by atoms with Crippen molar-refractivity contribution in [3.05, 3.63) is 35.8 Å². The predicted octanol–water partition coefficient (Wildman–Crippen LogP) is 3.29. The van der Waals surface area contributed by atoms with Gasteiger partial charge in [0.05, 0.1) is 7.11 Å². The van der Waals surface area contributed by atoms with E-state index in [1.54, 1.807) is 7.11 Å². The third-order valence-electron chi connectivity index (χ3n) is 4.79. The fraction of sp³-hybridized carbons (Fsp3) is 0.421. The molecule has 0 N–H and O–H groups in total. The Labute approximate surface area is 157 Å². The van der Waals surface area contributed by atoms with Crippen LogP contribution in [0, 0.1) is 6.92 Å². The largest absolute Gasteiger partial charge is 0.494 e. The molecule has 1 aliphatic rings. The van der Waals surface area contributed by atoms with Gasteiger partial charge in [-0.25, -0.2) is 9.97 Å². The van der Waals surface area contributed by atoms with Gasteiger partial charge in [-0.15, -0.1) is 0 Å². The van der Waals surface area contributed by atoms with Crippen LogP contribution in [0.15, 0.2) is 24.3 Å². The fourth-order valence-corrected chi connectivity index (χ4v) is 4.21. The molecule has 26 heavy (non-hydrogen) atoms. The van der Waals surface area contributed by atoms with Crippen LogP contribution in [0.3, 0.4) is 0 Å². The van der Waals surface area contributed by atoms with Gasteiger partial charge in [0.25, 0.3) is 0 Å². The van der Waals surface area contributed by atoms with Crippen LogP contribution in [-0.2, 0) is 6.42 Å². The second-order valence-corrected chi connectivity index (χ2v) is 7.19. The highest BCUT2D eigenvalue weighted by molar-refractivity contribution is 7.09. The van der Waals surface area contributed by atoms with Crippen LogP contribution >= 0.6 is 11.5 Å². The lowest BCUT2D eigenvalue weighted by atomic mass is 10.1. The van der Waals surface area contributed by atoms with Crippen LogP contribution < -0.4 is 14.5 Å². The second kappa shape index (κ2) is 7.07. The molecule has 2 aromatic heterocycles. The van der Waals surface area contributed by atoms with Gasteiger partial charge in [-0.2, -0.15) is 4.37 Å². The average molecular weight is 369 g/mol. The van der Waals surface area contributed by atoms with E-state index in [0.29, 0.717) is 0 Å². The summed E-state index contributed by atoms with van der Waals surface area (Å²) in [6.07, 6.45) is 0.889. The van der Waals surface area contributed by atoms with Crippen LogP contribution in [-0.4, -0.2) is 47.6 Å². The molecule has 3 heterocycles. The number of rotatable bonds is 4. The number of aromatic nitrogens is 3. The number of piperazine rings is 1. The summed E-state index contributed by atoms with van der Waals surface area (Å²) < 4.78 is 9.92. The van der Waals surface area contributed by atoms with Gasteiger partial charge in [0.2, 0.25) is 5.13 Å². The molecule has 0 radical (unpaired) electrons. The van der Waals surface area contributed by atoms with E-state index < -0.39 is 0 Å². The van der Waals surface area contributed by atoms with E-state index in [4.69, 9.17) is 9.72 Å². The summed E-state index contributed by atoms with van der Waals surface area (Å²) in [6, 6.07) is 8.31.